The van der Waals surface area contributed by atoms with Crippen molar-refractivity contribution in [2.45, 2.75) is 32.7 Å². The Morgan fingerprint density at radius 3 is 2.41 bits per heavy atom. The van der Waals surface area contributed by atoms with Crippen molar-refractivity contribution in [2.24, 2.45) is 0 Å². The molecule has 1 aliphatic rings. The number of rotatable bonds is 8. The van der Waals surface area contributed by atoms with Gasteiger partial charge in [-0.2, -0.15) is 0 Å². The Hall–Kier alpha value is -4.72. The first-order chi connectivity index (χ1) is 18.9. The summed E-state index contributed by atoms with van der Waals surface area (Å²) in [4.78, 5) is 39.2. The number of benzene rings is 3. The number of aromatic nitrogens is 1. The molecule has 198 valence electrons. The topological polar surface area (TPSA) is 80.6 Å². The van der Waals surface area contributed by atoms with Gasteiger partial charge in [0.05, 0.1) is 12.2 Å². The van der Waals surface area contributed by atoms with E-state index in [9.17, 15) is 18.8 Å². The lowest BCUT2D eigenvalue weighted by Crippen LogP contribution is -2.54. The molecule has 1 aliphatic heterocycles. The van der Waals surface area contributed by atoms with Gasteiger partial charge < -0.3 is 9.30 Å². The van der Waals surface area contributed by atoms with E-state index in [0.29, 0.717) is 24.6 Å². The van der Waals surface area contributed by atoms with E-state index in [1.54, 1.807) is 0 Å². The van der Waals surface area contributed by atoms with E-state index in [1.807, 2.05) is 47.2 Å². The van der Waals surface area contributed by atoms with Crippen LogP contribution < -0.4 is 15.0 Å². The Morgan fingerprint density at radius 2 is 1.69 bits per heavy atom. The molecule has 0 spiro atoms. The number of hydrogen-bond acceptors (Lipinski definition) is 4. The molecule has 1 saturated heterocycles. The fourth-order valence-corrected chi connectivity index (χ4v) is 4.60. The van der Waals surface area contributed by atoms with Gasteiger partial charge in [-0.1, -0.05) is 44.2 Å². The Labute approximate surface area is 225 Å². The van der Waals surface area contributed by atoms with Crippen LogP contribution in [-0.2, 0) is 16.1 Å². The van der Waals surface area contributed by atoms with Crippen LogP contribution in [0.4, 0.5) is 14.9 Å². The number of fused-ring (bicyclic) bond motifs is 1. The van der Waals surface area contributed by atoms with Crippen molar-refractivity contribution in [3.05, 3.63) is 102 Å². The number of anilines is 1. The zero-order chi connectivity index (χ0) is 27.5. The zero-order valence-corrected chi connectivity index (χ0v) is 21.7. The maximum absolute atomic E-state index is 13.4. The number of ether oxygens (including phenoxy) is 1. The third kappa shape index (κ3) is 5.31. The standard InChI is InChI=1S/C31H28FN3O4/c1-3-20(2)21-8-14-25(15-9-21)39-17-16-34-19-22(26-6-4-5-7-28(26)34)18-27-29(36)33-31(38)35(30(27)37)24-12-10-23(32)11-13-24/h4-15,18-20H,3,16-17H2,1-2H3,(H,33,36,38)/b27-18-. The summed E-state index contributed by atoms with van der Waals surface area (Å²) in [6.07, 6.45) is 4.41. The summed E-state index contributed by atoms with van der Waals surface area (Å²) in [5, 5.41) is 3.04. The molecule has 1 atom stereocenters. The third-order valence-corrected chi connectivity index (χ3v) is 6.97. The van der Waals surface area contributed by atoms with Crippen LogP contribution in [0.1, 0.15) is 37.3 Å². The van der Waals surface area contributed by atoms with Gasteiger partial charge in [0.1, 0.15) is 23.7 Å². The maximum Gasteiger partial charge on any atom is 0.335 e. The second-order valence-electron chi connectivity index (χ2n) is 9.46. The van der Waals surface area contributed by atoms with Gasteiger partial charge in [0.15, 0.2) is 0 Å². The molecule has 5 rings (SSSR count). The maximum atomic E-state index is 13.4. The summed E-state index contributed by atoms with van der Waals surface area (Å²) in [6.45, 7) is 5.32. The summed E-state index contributed by atoms with van der Waals surface area (Å²) in [5.41, 5.74) is 2.80. The molecule has 0 aliphatic carbocycles. The molecule has 0 radical (unpaired) electrons. The third-order valence-electron chi connectivity index (χ3n) is 6.97. The SMILES string of the molecule is CCC(C)c1ccc(OCCn2cc(/C=C3/C(=O)NC(=O)N(c4ccc(F)cc4)C3=O)c3ccccc32)cc1. The molecule has 4 aromatic rings. The number of carbonyl (C=O) groups is 3. The highest BCUT2D eigenvalue weighted by molar-refractivity contribution is 6.39. The van der Waals surface area contributed by atoms with Crippen molar-refractivity contribution >= 4 is 40.5 Å². The van der Waals surface area contributed by atoms with Crippen molar-refractivity contribution < 1.29 is 23.5 Å². The van der Waals surface area contributed by atoms with Crippen LogP contribution >= 0.6 is 0 Å². The molecular weight excluding hydrogens is 497 g/mol. The molecule has 2 heterocycles. The number of nitrogens with one attached hydrogen (secondary N) is 1. The Kier molecular flexibility index (Phi) is 7.27. The molecule has 1 aromatic heterocycles. The van der Waals surface area contributed by atoms with Gasteiger partial charge in [0, 0.05) is 22.7 Å². The number of carbonyl (C=O) groups excluding carboxylic acids is 3. The van der Waals surface area contributed by atoms with Gasteiger partial charge in [-0.15, -0.1) is 0 Å². The molecule has 1 unspecified atom stereocenters. The first-order valence-electron chi connectivity index (χ1n) is 12.8. The van der Waals surface area contributed by atoms with Crippen LogP contribution in [0.15, 0.2) is 84.6 Å². The number of urea groups is 1. The van der Waals surface area contributed by atoms with E-state index in [1.165, 1.54) is 23.8 Å². The normalized spacial score (nSPS) is 15.6. The van der Waals surface area contributed by atoms with Gasteiger partial charge in [-0.25, -0.2) is 14.1 Å². The van der Waals surface area contributed by atoms with E-state index in [4.69, 9.17) is 4.74 Å². The largest absolute Gasteiger partial charge is 0.492 e. The number of halogens is 1. The molecule has 39 heavy (non-hydrogen) atoms. The highest BCUT2D eigenvalue weighted by atomic mass is 19.1. The van der Waals surface area contributed by atoms with E-state index in [0.717, 1.165) is 40.1 Å². The number of barbiturate groups is 1. The van der Waals surface area contributed by atoms with Crippen molar-refractivity contribution in [3.8, 4) is 5.75 Å². The molecule has 0 bridgehead atoms. The Morgan fingerprint density at radius 1 is 0.974 bits per heavy atom. The predicted octanol–water partition coefficient (Wildman–Crippen LogP) is 6.04. The predicted molar refractivity (Wildman–Crippen MR) is 148 cm³/mol. The lowest BCUT2D eigenvalue weighted by molar-refractivity contribution is -0.122. The first-order valence-corrected chi connectivity index (χ1v) is 12.8. The lowest BCUT2D eigenvalue weighted by Gasteiger charge is -2.26. The number of hydrogen-bond donors (Lipinski definition) is 1. The number of imide groups is 2. The summed E-state index contributed by atoms with van der Waals surface area (Å²) in [5.74, 6) is -0.788. The molecule has 1 N–H and O–H groups in total. The lowest BCUT2D eigenvalue weighted by atomic mass is 9.99. The van der Waals surface area contributed by atoms with Crippen molar-refractivity contribution in [2.75, 3.05) is 11.5 Å². The van der Waals surface area contributed by atoms with Crippen LogP contribution in [0.3, 0.4) is 0 Å². The van der Waals surface area contributed by atoms with Gasteiger partial charge in [0.2, 0.25) is 0 Å². The second kappa shape index (κ2) is 10.9. The molecule has 4 amide bonds. The van der Waals surface area contributed by atoms with Crippen molar-refractivity contribution in [3.63, 3.8) is 0 Å². The first kappa shape index (κ1) is 25.9. The quantitative estimate of drug-likeness (QED) is 0.225. The molecule has 7 nitrogen and oxygen atoms in total. The molecular formula is C31H28FN3O4. The summed E-state index contributed by atoms with van der Waals surface area (Å²) >= 11 is 0. The molecule has 1 fully saturated rings. The Bertz CT molecular complexity index is 1570. The zero-order valence-electron chi connectivity index (χ0n) is 21.7. The minimum absolute atomic E-state index is 0.161. The van der Waals surface area contributed by atoms with E-state index >= 15 is 0 Å². The highest BCUT2D eigenvalue weighted by Gasteiger charge is 2.37. The average Bonchev–Trinajstić information content (AvgIpc) is 3.29. The van der Waals surface area contributed by atoms with Crippen LogP contribution in [0.5, 0.6) is 5.75 Å². The van der Waals surface area contributed by atoms with Crippen molar-refractivity contribution in [1.29, 1.82) is 0 Å². The van der Waals surface area contributed by atoms with E-state index < -0.39 is 23.7 Å². The summed E-state index contributed by atoms with van der Waals surface area (Å²) in [7, 11) is 0. The summed E-state index contributed by atoms with van der Waals surface area (Å²) in [6, 6.07) is 19.8. The van der Waals surface area contributed by atoms with Gasteiger partial charge in [0.25, 0.3) is 11.8 Å². The fraction of sp³-hybridized carbons (Fsp3) is 0.194. The number of amides is 4. The molecule has 8 heteroatoms. The van der Waals surface area contributed by atoms with E-state index in [-0.39, 0.29) is 11.3 Å². The van der Waals surface area contributed by atoms with E-state index in [2.05, 4.69) is 31.3 Å². The Balaban J connectivity index is 1.39. The minimum atomic E-state index is -0.884. The van der Waals surface area contributed by atoms with Crippen LogP contribution in [0, 0.1) is 5.82 Å². The monoisotopic (exact) mass is 525 g/mol. The minimum Gasteiger partial charge on any atom is -0.492 e. The van der Waals surface area contributed by atoms with Gasteiger partial charge >= 0.3 is 6.03 Å². The fourth-order valence-electron chi connectivity index (χ4n) is 4.60. The second-order valence-corrected chi connectivity index (χ2v) is 9.46. The number of para-hydroxylation sites is 1. The van der Waals surface area contributed by atoms with Crippen LogP contribution in [0.2, 0.25) is 0 Å². The van der Waals surface area contributed by atoms with Gasteiger partial charge in [-0.05, 0) is 66.4 Å². The molecule has 3 aromatic carbocycles. The summed E-state index contributed by atoms with van der Waals surface area (Å²) < 4.78 is 21.4. The van der Waals surface area contributed by atoms with Crippen LogP contribution in [-0.4, -0.2) is 29.0 Å². The average molecular weight is 526 g/mol. The smallest absolute Gasteiger partial charge is 0.335 e. The van der Waals surface area contributed by atoms with Crippen molar-refractivity contribution in [1.82, 2.24) is 9.88 Å². The number of nitrogens with zero attached hydrogens (tertiary/aromatic N) is 2. The highest BCUT2D eigenvalue weighted by Crippen LogP contribution is 2.27. The molecule has 0 saturated carbocycles. The van der Waals surface area contributed by atoms with Gasteiger partial charge in [-0.3, -0.25) is 14.9 Å². The van der Waals surface area contributed by atoms with Crippen LogP contribution in [0.25, 0.3) is 17.0 Å².